The molecule has 1 rings (SSSR count). The first kappa shape index (κ1) is 13.9. The zero-order chi connectivity index (χ0) is 13.5. The summed E-state index contributed by atoms with van der Waals surface area (Å²) in [6, 6.07) is -0.418. The molecule has 0 saturated carbocycles. The molecular formula is C10H17N5O3. The maximum Gasteiger partial charge on any atom is 0.328 e. The van der Waals surface area contributed by atoms with Gasteiger partial charge < -0.3 is 20.5 Å². The number of carbonyl (C=O) groups is 1. The number of nitrogens with one attached hydrogen (secondary N) is 1. The van der Waals surface area contributed by atoms with Crippen LogP contribution in [0, 0.1) is 0 Å². The molecule has 3 N–H and O–H groups in total. The molecule has 8 heteroatoms. The van der Waals surface area contributed by atoms with Crippen LogP contribution >= 0.6 is 0 Å². The number of carbonyl (C=O) groups excluding carboxylic acids is 1. The first-order valence-electron chi connectivity index (χ1n) is 5.59. The summed E-state index contributed by atoms with van der Waals surface area (Å²) in [6.07, 6.45) is 0.530. The van der Waals surface area contributed by atoms with E-state index in [0.29, 0.717) is 13.0 Å². The van der Waals surface area contributed by atoms with E-state index in [0.717, 1.165) is 0 Å². The Bertz CT molecular complexity index is 412. The quantitative estimate of drug-likeness (QED) is 0.694. The lowest BCUT2D eigenvalue weighted by Crippen LogP contribution is -2.31. The highest BCUT2D eigenvalue weighted by molar-refractivity contribution is 5.78. The molecule has 8 nitrogen and oxygen atoms in total. The minimum atomic E-state index is -0.536. The highest BCUT2D eigenvalue weighted by Crippen LogP contribution is 2.11. The SMILES string of the molecule is CCOc1nc(N)nc(NC(CC)C(=O)OC)n1. The maximum absolute atomic E-state index is 11.4. The van der Waals surface area contributed by atoms with Gasteiger partial charge >= 0.3 is 12.0 Å². The Kier molecular flexibility index (Phi) is 5.09. The minimum absolute atomic E-state index is 0.0238. The first-order chi connectivity index (χ1) is 8.60. The third-order valence-electron chi connectivity index (χ3n) is 2.10. The average molecular weight is 255 g/mol. The Morgan fingerprint density at radius 2 is 2.11 bits per heavy atom. The summed E-state index contributed by atoms with van der Waals surface area (Å²) < 4.78 is 9.78. The molecular weight excluding hydrogens is 238 g/mol. The van der Waals surface area contributed by atoms with Gasteiger partial charge in [0.15, 0.2) is 0 Å². The van der Waals surface area contributed by atoms with Crippen LogP contribution in [0.25, 0.3) is 0 Å². The Hall–Kier alpha value is -2.12. The van der Waals surface area contributed by atoms with Crippen molar-refractivity contribution in [3.8, 4) is 6.01 Å². The molecule has 0 radical (unpaired) electrons. The van der Waals surface area contributed by atoms with E-state index in [1.165, 1.54) is 7.11 Å². The van der Waals surface area contributed by atoms with Crippen LogP contribution in [0.2, 0.25) is 0 Å². The van der Waals surface area contributed by atoms with E-state index in [4.69, 9.17) is 10.5 Å². The summed E-state index contributed by atoms with van der Waals surface area (Å²) in [5, 5.41) is 2.82. The van der Waals surface area contributed by atoms with Gasteiger partial charge in [0, 0.05) is 0 Å². The zero-order valence-electron chi connectivity index (χ0n) is 10.6. The second kappa shape index (κ2) is 6.58. The molecule has 1 aromatic heterocycles. The molecule has 1 atom stereocenters. The van der Waals surface area contributed by atoms with Crippen molar-refractivity contribution in [2.24, 2.45) is 0 Å². The van der Waals surface area contributed by atoms with Gasteiger partial charge in [-0.05, 0) is 13.3 Å². The average Bonchev–Trinajstić information content (AvgIpc) is 2.34. The largest absolute Gasteiger partial charge is 0.467 e. The fraction of sp³-hybridized carbons (Fsp3) is 0.600. The summed E-state index contributed by atoms with van der Waals surface area (Å²) in [6.45, 7) is 4.05. The van der Waals surface area contributed by atoms with Crippen LogP contribution in [0.15, 0.2) is 0 Å². The van der Waals surface area contributed by atoms with E-state index < -0.39 is 12.0 Å². The van der Waals surface area contributed by atoms with Crippen molar-refractivity contribution in [3.05, 3.63) is 0 Å². The van der Waals surface area contributed by atoms with Gasteiger partial charge in [0.1, 0.15) is 6.04 Å². The summed E-state index contributed by atoms with van der Waals surface area (Å²) >= 11 is 0. The molecule has 1 aromatic rings. The van der Waals surface area contributed by atoms with E-state index in [-0.39, 0.29) is 17.9 Å². The smallest absolute Gasteiger partial charge is 0.328 e. The number of nitrogen functional groups attached to an aromatic ring is 1. The van der Waals surface area contributed by atoms with Gasteiger partial charge in [0.05, 0.1) is 13.7 Å². The topological polar surface area (TPSA) is 112 Å². The highest BCUT2D eigenvalue weighted by atomic mass is 16.5. The highest BCUT2D eigenvalue weighted by Gasteiger charge is 2.18. The Labute approximate surface area is 105 Å². The normalized spacial score (nSPS) is 11.7. The lowest BCUT2D eigenvalue weighted by atomic mass is 10.2. The Morgan fingerprint density at radius 1 is 1.39 bits per heavy atom. The second-order valence-corrected chi connectivity index (χ2v) is 3.36. The molecule has 0 amide bonds. The van der Waals surface area contributed by atoms with Gasteiger partial charge in [-0.1, -0.05) is 6.92 Å². The number of nitrogens with two attached hydrogens (primary N) is 1. The molecule has 0 saturated heterocycles. The van der Waals surface area contributed by atoms with E-state index >= 15 is 0 Å². The molecule has 0 aliphatic heterocycles. The van der Waals surface area contributed by atoms with E-state index in [1.807, 2.05) is 6.92 Å². The number of ether oxygens (including phenoxy) is 2. The Morgan fingerprint density at radius 3 is 2.67 bits per heavy atom. The molecule has 1 heterocycles. The first-order valence-corrected chi connectivity index (χ1v) is 5.59. The third-order valence-corrected chi connectivity index (χ3v) is 2.10. The molecule has 0 fully saturated rings. The molecule has 1 unspecified atom stereocenters. The molecule has 0 spiro atoms. The number of hydrogen-bond acceptors (Lipinski definition) is 8. The number of rotatable bonds is 6. The minimum Gasteiger partial charge on any atom is -0.467 e. The second-order valence-electron chi connectivity index (χ2n) is 3.36. The summed E-state index contributed by atoms with van der Waals surface area (Å²) in [5.74, 6) is -0.187. The Balaban J connectivity index is 2.85. The van der Waals surface area contributed by atoms with Crippen molar-refractivity contribution in [2.45, 2.75) is 26.3 Å². The van der Waals surface area contributed by atoms with Crippen molar-refractivity contribution in [2.75, 3.05) is 24.8 Å². The summed E-state index contributed by atoms with van der Waals surface area (Å²) in [5.41, 5.74) is 5.52. The number of esters is 1. The number of anilines is 2. The van der Waals surface area contributed by atoms with Crippen LogP contribution in [0.5, 0.6) is 6.01 Å². The number of aromatic nitrogens is 3. The predicted octanol–water partition coefficient (Wildman–Crippen LogP) is 0.216. The molecule has 100 valence electrons. The standard InChI is InChI=1S/C10H17N5O3/c1-4-6(7(16)17-3)12-9-13-8(11)14-10(15-9)18-5-2/h6H,4-5H2,1-3H3,(H3,11,12,13,14,15). The molecule has 0 aromatic carbocycles. The van der Waals surface area contributed by atoms with Crippen molar-refractivity contribution < 1.29 is 14.3 Å². The number of nitrogens with zero attached hydrogens (tertiary/aromatic N) is 3. The number of hydrogen-bond donors (Lipinski definition) is 2. The molecule has 18 heavy (non-hydrogen) atoms. The van der Waals surface area contributed by atoms with Gasteiger partial charge in [-0.15, -0.1) is 0 Å². The zero-order valence-corrected chi connectivity index (χ0v) is 10.6. The van der Waals surface area contributed by atoms with Crippen molar-refractivity contribution >= 4 is 17.9 Å². The maximum atomic E-state index is 11.4. The summed E-state index contributed by atoms with van der Waals surface area (Å²) in [4.78, 5) is 23.1. The molecule has 0 aliphatic carbocycles. The molecule has 0 aliphatic rings. The molecule has 0 bridgehead atoms. The van der Waals surface area contributed by atoms with Crippen molar-refractivity contribution in [1.82, 2.24) is 15.0 Å². The van der Waals surface area contributed by atoms with Gasteiger partial charge in [0.25, 0.3) is 0 Å². The van der Waals surface area contributed by atoms with Crippen LogP contribution in [-0.2, 0) is 9.53 Å². The van der Waals surface area contributed by atoms with Crippen LogP contribution in [0.3, 0.4) is 0 Å². The number of methoxy groups -OCH3 is 1. The van der Waals surface area contributed by atoms with E-state index in [2.05, 4.69) is 25.0 Å². The van der Waals surface area contributed by atoms with E-state index in [9.17, 15) is 4.79 Å². The summed E-state index contributed by atoms with van der Waals surface area (Å²) in [7, 11) is 1.32. The fourth-order valence-corrected chi connectivity index (χ4v) is 1.26. The van der Waals surface area contributed by atoms with Crippen LogP contribution in [0.4, 0.5) is 11.9 Å². The van der Waals surface area contributed by atoms with Crippen LogP contribution in [0.1, 0.15) is 20.3 Å². The van der Waals surface area contributed by atoms with Crippen molar-refractivity contribution in [3.63, 3.8) is 0 Å². The van der Waals surface area contributed by atoms with Gasteiger partial charge in [-0.3, -0.25) is 0 Å². The lowest BCUT2D eigenvalue weighted by molar-refractivity contribution is -0.141. The van der Waals surface area contributed by atoms with Gasteiger partial charge in [0.2, 0.25) is 11.9 Å². The monoisotopic (exact) mass is 255 g/mol. The van der Waals surface area contributed by atoms with Gasteiger partial charge in [-0.2, -0.15) is 15.0 Å². The predicted molar refractivity (Wildman–Crippen MR) is 65.1 cm³/mol. The van der Waals surface area contributed by atoms with E-state index in [1.54, 1.807) is 6.92 Å². The van der Waals surface area contributed by atoms with Crippen LogP contribution in [-0.4, -0.2) is 40.7 Å². The van der Waals surface area contributed by atoms with Crippen LogP contribution < -0.4 is 15.8 Å². The fourth-order valence-electron chi connectivity index (χ4n) is 1.26. The third kappa shape index (κ3) is 3.72. The van der Waals surface area contributed by atoms with Gasteiger partial charge in [-0.25, -0.2) is 4.79 Å². The lowest BCUT2D eigenvalue weighted by Gasteiger charge is -2.14. The van der Waals surface area contributed by atoms with Crippen molar-refractivity contribution in [1.29, 1.82) is 0 Å².